The monoisotopic (exact) mass is 474 g/mol. The standard InChI is InChI=1S/C21H19ClF4N2O4/c22-11-1-2-14(15(23)3-11)16-6-17(32-28-16)19-8-20(9-19,10-19)27-18(29)7-30-12-4-13(5-12)31-21(24,25)26/h1-3,6,12-13H,4-5,7-10H2,(H,27,29). The largest absolute Gasteiger partial charge is 0.522 e. The van der Waals surface area contributed by atoms with Crippen LogP contribution in [0, 0.1) is 5.82 Å². The Morgan fingerprint density at radius 3 is 2.59 bits per heavy atom. The molecule has 0 radical (unpaired) electrons. The molecule has 2 aromatic rings. The van der Waals surface area contributed by atoms with Crippen LogP contribution in [-0.2, 0) is 19.7 Å². The minimum Gasteiger partial charge on any atom is -0.368 e. The van der Waals surface area contributed by atoms with Gasteiger partial charge < -0.3 is 14.6 Å². The number of halogens is 5. The molecule has 4 saturated carbocycles. The molecule has 1 heterocycles. The van der Waals surface area contributed by atoms with Crippen molar-refractivity contribution in [3.63, 3.8) is 0 Å². The smallest absolute Gasteiger partial charge is 0.368 e. The van der Waals surface area contributed by atoms with Crippen LogP contribution in [0.4, 0.5) is 17.6 Å². The number of aromatic nitrogens is 1. The van der Waals surface area contributed by atoms with Crippen molar-refractivity contribution in [1.82, 2.24) is 10.5 Å². The number of hydrogen-bond donors (Lipinski definition) is 1. The fraction of sp³-hybridized carbons (Fsp3) is 0.524. The van der Waals surface area contributed by atoms with E-state index < -0.39 is 24.4 Å². The van der Waals surface area contributed by atoms with Crippen LogP contribution in [0.3, 0.4) is 0 Å². The van der Waals surface area contributed by atoms with E-state index in [9.17, 15) is 22.4 Å². The number of alkyl halides is 3. The van der Waals surface area contributed by atoms with Gasteiger partial charge in [-0.15, -0.1) is 13.2 Å². The number of hydrogen-bond acceptors (Lipinski definition) is 5. The second kappa shape index (κ2) is 7.43. The van der Waals surface area contributed by atoms with Crippen molar-refractivity contribution in [2.45, 2.75) is 61.6 Å². The zero-order valence-electron chi connectivity index (χ0n) is 16.7. The fourth-order valence-electron chi connectivity index (χ4n) is 5.00. The molecule has 4 aliphatic carbocycles. The summed E-state index contributed by atoms with van der Waals surface area (Å²) in [5.41, 5.74) is 0.132. The number of amides is 1. The van der Waals surface area contributed by atoms with Gasteiger partial charge in [0.15, 0.2) is 0 Å². The van der Waals surface area contributed by atoms with E-state index >= 15 is 0 Å². The molecule has 4 fully saturated rings. The van der Waals surface area contributed by atoms with Gasteiger partial charge in [-0.3, -0.25) is 9.53 Å². The Hall–Kier alpha value is -2.17. The average molecular weight is 475 g/mol. The Morgan fingerprint density at radius 2 is 1.94 bits per heavy atom. The highest BCUT2D eigenvalue weighted by atomic mass is 35.5. The molecule has 172 valence electrons. The zero-order valence-corrected chi connectivity index (χ0v) is 17.4. The number of carbonyl (C=O) groups is 1. The highest BCUT2D eigenvalue weighted by molar-refractivity contribution is 6.30. The number of carbonyl (C=O) groups excluding carboxylic acids is 1. The zero-order chi connectivity index (χ0) is 22.7. The van der Waals surface area contributed by atoms with E-state index in [1.54, 1.807) is 18.2 Å². The van der Waals surface area contributed by atoms with Gasteiger partial charge in [-0.05, 0) is 37.5 Å². The first kappa shape index (κ1) is 21.7. The highest BCUT2D eigenvalue weighted by Crippen LogP contribution is 2.68. The molecular formula is C21H19ClF4N2O4. The molecule has 0 aliphatic heterocycles. The minimum atomic E-state index is -4.65. The number of rotatable bonds is 7. The Kier molecular flexibility index (Phi) is 5.03. The number of benzene rings is 1. The third-order valence-corrected chi connectivity index (χ3v) is 6.71. The van der Waals surface area contributed by atoms with Gasteiger partial charge in [0, 0.05) is 40.4 Å². The first-order chi connectivity index (χ1) is 15.0. The van der Waals surface area contributed by atoms with Gasteiger partial charge in [0.25, 0.3) is 0 Å². The molecule has 0 unspecified atom stereocenters. The van der Waals surface area contributed by atoms with Gasteiger partial charge in [-0.1, -0.05) is 16.8 Å². The van der Waals surface area contributed by atoms with E-state index in [4.69, 9.17) is 20.9 Å². The lowest BCUT2D eigenvalue weighted by Gasteiger charge is -2.69. The van der Waals surface area contributed by atoms with Crippen molar-refractivity contribution < 1.29 is 36.4 Å². The third kappa shape index (κ3) is 3.99. The molecule has 0 spiro atoms. The summed E-state index contributed by atoms with van der Waals surface area (Å²) < 4.78 is 65.2. The van der Waals surface area contributed by atoms with E-state index in [0.29, 0.717) is 41.3 Å². The normalized spacial score (nSPS) is 30.8. The van der Waals surface area contributed by atoms with Crippen LogP contribution >= 0.6 is 11.6 Å². The predicted octanol–water partition coefficient (Wildman–Crippen LogP) is 4.51. The van der Waals surface area contributed by atoms with Crippen LogP contribution in [0.5, 0.6) is 0 Å². The fourth-order valence-corrected chi connectivity index (χ4v) is 5.15. The molecule has 0 saturated heterocycles. The average Bonchev–Trinajstić information content (AvgIpc) is 3.07. The minimum absolute atomic E-state index is 0.114. The molecule has 1 aromatic carbocycles. The lowest BCUT2D eigenvalue weighted by Crippen LogP contribution is -2.76. The number of nitrogens with one attached hydrogen (secondary N) is 1. The third-order valence-electron chi connectivity index (χ3n) is 6.48. The Balaban J connectivity index is 1.08. The summed E-state index contributed by atoms with van der Waals surface area (Å²) in [6, 6.07) is 6.06. The number of ether oxygens (including phenoxy) is 2. The van der Waals surface area contributed by atoms with Crippen molar-refractivity contribution >= 4 is 17.5 Å². The van der Waals surface area contributed by atoms with Crippen molar-refractivity contribution in [3.05, 3.63) is 40.9 Å². The van der Waals surface area contributed by atoms with Crippen LogP contribution in [0.1, 0.15) is 37.9 Å². The molecule has 32 heavy (non-hydrogen) atoms. The topological polar surface area (TPSA) is 73.6 Å². The summed E-state index contributed by atoms with van der Waals surface area (Å²) in [6.45, 7) is -0.208. The molecule has 1 amide bonds. The van der Waals surface area contributed by atoms with Crippen molar-refractivity contribution in [2.75, 3.05) is 6.61 Å². The lowest BCUT2D eigenvalue weighted by atomic mass is 9.38. The van der Waals surface area contributed by atoms with Crippen LogP contribution in [0.15, 0.2) is 28.8 Å². The van der Waals surface area contributed by atoms with E-state index in [0.717, 1.165) is 0 Å². The van der Waals surface area contributed by atoms with Crippen molar-refractivity contribution in [1.29, 1.82) is 0 Å². The van der Waals surface area contributed by atoms with Gasteiger partial charge >= 0.3 is 6.36 Å². The molecule has 2 bridgehead atoms. The molecule has 6 rings (SSSR count). The van der Waals surface area contributed by atoms with Crippen molar-refractivity contribution in [2.24, 2.45) is 0 Å². The molecule has 4 aliphatic rings. The van der Waals surface area contributed by atoms with E-state index in [2.05, 4.69) is 15.2 Å². The summed E-state index contributed by atoms with van der Waals surface area (Å²) in [5, 5.41) is 7.22. The first-order valence-corrected chi connectivity index (χ1v) is 10.5. The maximum absolute atomic E-state index is 14.1. The summed E-state index contributed by atoms with van der Waals surface area (Å²) in [6.07, 6.45) is -3.72. The van der Waals surface area contributed by atoms with E-state index in [1.165, 1.54) is 6.07 Å². The second-order valence-electron chi connectivity index (χ2n) is 8.93. The maximum Gasteiger partial charge on any atom is 0.522 e. The van der Waals surface area contributed by atoms with Gasteiger partial charge in [0.1, 0.15) is 23.9 Å². The van der Waals surface area contributed by atoms with Crippen LogP contribution in [0.2, 0.25) is 5.02 Å². The van der Waals surface area contributed by atoms with Crippen LogP contribution in [0.25, 0.3) is 11.3 Å². The second-order valence-corrected chi connectivity index (χ2v) is 9.37. The van der Waals surface area contributed by atoms with Gasteiger partial charge in [-0.25, -0.2) is 4.39 Å². The summed E-state index contributed by atoms with van der Waals surface area (Å²) in [7, 11) is 0. The molecular weight excluding hydrogens is 456 g/mol. The van der Waals surface area contributed by atoms with E-state index in [-0.39, 0.29) is 36.3 Å². The Bertz CT molecular complexity index is 1030. The molecule has 6 nitrogen and oxygen atoms in total. The summed E-state index contributed by atoms with van der Waals surface area (Å²) in [5.74, 6) is -0.138. The highest BCUT2D eigenvalue weighted by Gasteiger charge is 2.71. The molecule has 0 atom stereocenters. The van der Waals surface area contributed by atoms with Gasteiger partial charge in [0.05, 0.1) is 12.2 Å². The number of nitrogens with zero attached hydrogens (tertiary/aromatic N) is 1. The molecule has 1 aromatic heterocycles. The summed E-state index contributed by atoms with van der Waals surface area (Å²) >= 11 is 5.78. The SMILES string of the molecule is O=C(COC1CC(OC(F)(F)F)C1)NC12CC(c3cc(-c4ccc(Cl)cc4F)no3)(C1)C2. The predicted molar refractivity (Wildman–Crippen MR) is 103 cm³/mol. The quantitative estimate of drug-likeness (QED) is 0.598. The van der Waals surface area contributed by atoms with Crippen molar-refractivity contribution in [3.8, 4) is 11.3 Å². The van der Waals surface area contributed by atoms with Crippen LogP contribution in [-0.4, -0.2) is 41.8 Å². The summed E-state index contributed by atoms with van der Waals surface area (Å²) in [4.78, 5) is 12.2. The van der Waals surface area contributed by atoms with E-state index in [1.807, 2.05) is 0 Å². The molecule has 1 N–H and O–H groups in total. The Morgan fingerprint density at radius 1 is 1.22 bits per heavy atom. The van der Waals surface area contributed by atoms with Gasteiger partial charge in [-0.2, -0.15) is 0 Å². The lowest BCUT2D eigenvalue weighted by molar-refractivity contribution is -0.357. The maximum atomic E-state index is 14.1. The molecule has 11 heteroatoms. The first-order valence-electron chi connectivity index (χ1n) is 10.1. The van der Waals surface area contributed by atoms with Crippen LogP contribution < -0.4 is 5.32 Å². The Labute approximate surface area is 185 Å². The van der Waals surface area contributed by atoms with Gasteiger partial charge in [0.2, 0.25) is 5.91 Å².